The Hall–Kier alpha value is -1.97. The van der Waals surface area contributed by atoms with Crippen molar-refractivity contribution in [2.75, 3.05) is 6.54 Å². The minimum absolute atomic E-state index is 0.0309. The first-order valence-corrected chi connectivity index (χ1v) is 11.4. The highest BCUT2D eigenvalue weighted by Gasteiger charge is 2.49. The molecule has 0 saturated carbocycles. The standard InChI is InChI=1S/C13H9ClF3NO3S.C8H19N/c14-10-5-2-1-4-9(10)8-11-12(6-3-7-18-11)21-22(19,20)13(15,16)17;1-6-9(7(2)3)8(4)5/h1-8,18H;7-8H,6H2,1-5H3. The fraction of sp³-hybridized carbons (Fsp3) is 0.429. The maximum absolute atomic E-state index is 12.4. The lowest BCUT2D eigenvalue weighted by molar-refractivity contribution is -0.0520. The van der Waals surface area contributed by atoms with Crippen molar-refractivity contribution in [2.24, 2.45) is 0 Å². The topological polar surface area (TPSA) is 58.6 Å². The highest BCUT2D eigenvalue weighted by molar-refractivity contribution is 7.87. The van der Waals surface area contributed by atoms with Gasteiger partial charge in [-0.2, -0.15) is 21.6 Å². The van der Waals surface area contributed by atoms with E-state index in [1.807, 2.05) is 0 Å². The second-order valence-corrected chi connectivity index (χ2v) is 9.06. The van der Waals surface area contributed by atoms with E-state index in [4.69, 9.17) is 11.6 Å². The number of halogens is 4. The van der Waals surface area contributed by atoms with Crippen LogP contribution in [-0.2, 0) is 14.3 Å². The second kappa shape index (κ2) is 11.6. The van der Waals surface area contributed by atoms with Gasteiger partial charge >= 0.3 is 15.6 Å². The fourth-order valence-corrected chi connectivity index (χ4v) is 3.53. The number of dihydropyridines is 1. The first-order valence-electron chi connectivity index (χ1n) is 9.66. The van der Waals surface area contributed by atoms with E-state index in [1.165, 1.54) is 18.4 Å². The zero-order chi connectivity index (χ0) is 23.8. The number of nitrogens with zero attached hydrogens (tertiary/aromatic N) is 1. The van der Waals surface area contributed by atoms with Crippen LogP contribution >= 0.6 is 11.6 Å². The van der Waals surface area contributed by atoms with Crippen LogP contribution in [-0.4, -0.2) is 37.5 Å². The Morgan fingerprint density at radius 2 is 1.74 bits per heavy atom. The molecular formula is C21H28ClF3N2O3S. The van der Waals surface area contributed by atoms with E-state index in [1.54, 1.807) is 24.3 Å². The van der Waals surface area contributed by atoms with E-state index in [-0.39, 0.29) is 5.70 Å². The average Bonchev–Trinajstić information content (AvgIpc) is 2.64. The third-order valence-corrected chi connectivity index (χ3v) is 5.54. The minimum atomic E-state index is -5.75. The summed E-state index contributed by atoms with van der Waals surface area (Å²) in [5, 5.41) is 2.97. The summed E-state index contributed by atoms with van der Waals surface area (Å²) in [6.07, 6.45) is 5.20. The number of hydrogen-bond donors (Lipinski definition) is 1. The predicted molar refractivity (Wildman–Crippen MR) is 118 cm³/mol. The van der Waals surface area contributed by atoms with Crippen molar-refractivity contribution in [3.63, 3.8) is 0 Å². The molecule has 1 aromatic rings. The molecule has 0 aromatic heterocycles. The minimum Gasteiger partial charge on any atom is -0.374 e. The van der Waals surface area contributed by atoms with Gasteiger partial charge in [0.05, 0.1) is 5.70 Å². The highest BCUT2D eigenvalue weighted by Crippen LogP contribution is 2.30. The van der Waals surface area contributed by atoms with Crippen molar-refractivity contribution in [1.29, 1.82) is 0 Å². The first-order chi connectivity index (χ1) is 14.3. The Balaban J connectivity index is 0.000000452. The molecule has 0 radical (unpaired) electrons. The number of hydrogen-bond acceptors (Lipinski definition) is 5. The quantitative estimate of drug-likeness (QED) is 0.419. The molecule has 1 aliphatic rings. The molecule has 10 heteroatoms. The lowest BCUT2D eigenvalue weighted by Crippen LogP contribution is -2.36. The molecule has 0 aliphatic carbocycles. The van der Waals surface area contributed by atoms with Gasteiger partial charge < -0.3 is 9.50 Å². The molecule has 0 spiro atoms. The van der Waals surface area contributed by atoms with Gasteiger partial charge in [-0.05, 0) is 64.1 Å². The summed E-state index contributed by atoms with van der Waals surface area (Å²) in [6.45, 7) is 12.3. The maximum Gasteiger partial charge on any atom is 0.534 e. The molecule has 0 bridgehead atoms. The Bertz CT molecular complexity index is 916. The van der Waals surface area contributed by atoms with Gasteiger partial charge in [0.15, 0.2) is 5.76 Å². The van der Waals surface area contributed by atoms with Crippen LogP contribution in [0.25, 0.3) is 6.08 Å². The van der Waals surface area contributed by atoms with Crippen molar-refractivity contribution in [3.05, 3.63) is 64.7 Å². The predicted octanol–water partition coefficient (Wildman–Crippen LogP) is 5.67. The molecule has 0 fully saturated rings. The lowest BCUT2D eigenvalue weighted by atomic mass is 10.1. The van der Waals surface area contributed by atoms with Crippen LogP contribution in [0.1, 0.15) is 40.2 Å². The van der Waals surface area contributed by atoms with Crippen LogP contribution in [0.2, 0.25) is 5.02 Å². The summed E-state index contributed by atoms with van der Waals surface area (Å²) in [7, 11) is -5.75. The summed E-state index contributed by atoms with van der Waals surface area (Å²) in [5.41, 5.74) is -4.99. The average molecular weight is 481 g/mol. The summed E-state index contributed by atoms with van der Waals surface area (Å²) >= 11 is 5.95. The molecule has 0 saturated heterocycles. The lowest BCUT2D eigenvalue weighted by Gasteiger charge is -2.28. The largest absolute Gasteiger partial charge is 0.534 e. The molecule has 0 unspecified atom stereocenters. The number of allylic oxidation sites excluding steroid dienone is 2. The summed E-state index contributed by atoms with van der Waals surface area (Å²) < 4.78 is 63.5. The van der Waals surface area contributed by atoms with Gasteiger partial charge in [0, 0.05) is 23.3 Å². The van der Waals surface area contributed by atoms with Gasteiger partial charge in [0.1, 0.15) is 0 Å². The fourth-order valence-electron chi connectivity index (χ4n) is 2.86. The van der Waals surface area contributed by atoms with E-state index in [0.717, 1.165) is 12.6 Å². The molecular weight excluding hydrogens is 453 g/mol. The van der Waals surface area contributed by atoms with Crippen molar-refractivity contribution >= 4 is 27.8 Å². The Labute approximate surface area is 187 Å². The zero-order valence-electron chi connectivity index (χ0n) is 18.1. The summed E-state index contributed by atoms with van der Waals surface area (Å²) in [6, 6.07) is 7.94. The number of nitrogens with one attached hydrogen (secondary N) is 1. The molecule has 174 valence electrons. The summed E-state index contributed by atoms with van der Waals surface area (Å²) in [5.74, 6) is -0.486. The first kappa shape index (κ1) is 27.1. The highest BCUT2D eigenvalue weighted by atomic mass is 35.5. The van der Waals surface area contributed by atoms with Crippen LogP contribution < -0.4 is 5.32 Å². The Morgan fingerprint density at radius 3 is 2.19 bits per heavy atom. The Morgan fingerprint density at radius 1 is 1.16 bits per heavy atom. The maximum atomic E-state index is 12.4. The van der Waals surface area contributed by atoms with Gasteiger partial charge in [0.2, 0.25) is 0 Å². The molecule has 2 rings (SSSR count). The van der Waals surface area contributed by atoms with E-state index in [9.17, 15) is 21.6 Å². The summed E-state index contributed by atoms with van der Waals surface area (Å²) in [4.78, 5) is 2.46. The van der Waals surface area contributed by atoms with Crippen LogP contribution in [0.15, 0.2) is 54.1 Å². The molecule has 31 heavy (non-hydrogen) atoms. The van der Waals surface area contributed by atoms with Gasteiger partial charge in [-0.15, -0.1) is 0 Å². The third-order valence-electron chi connectivity index (χ3n) is 4.23. The number of alkyl halides is 3. The van der Waals surface area contributed by atoms with Crippen molar-refractivity contribution in [1.82, 2.24) is 10.2 Å². The molecule has 1 heterocycles. The van der Waals surface area contributed by atoms with Crippen molar-refractivity contribution in [2.45, 2.75) is 52.2 Å². The van der Waals surface area contributed by atoms with Gasteiger partial charge in [-0.1, -0.05) is 36.7 Å². The smallest absolute Gasteiger partial charge is 0.374 e. The SMILES string of the molecule is CCN(C(C)C)C(C)C.O=S(=O)(OC1=CC=CNC1=Cc1ccccc1Cl)C(F)(F)F. The molecule has 5 nitrogen and oxygen atoms in total. The Kier molecular flexibility index (Phi) is 10.1. The normalized spacial score (nSPS) is 15.6. The van der Waals surface area contributed by atoms with Gasteiger partial charge in [-0.3, -0.25) is 4.90 Å². The number of benzene rings is 1. The van der Waals surface area contributed by atoms with Crippen LogP contribution in [0.5, 0.6) is 0 Å². The van der Waals surface area contributed by atoms with Crippen LogP contribution in [0, 0.1) is 0 Å². The van der Waals surface area contributed by atoms with Crippen molar-refractivity contribution < 1.29 is 25.8 Å². The molecule has 1 aliphatic heterocycles. The van der Waals surface area contributed by atoms with E-state index < -0.39 is 21.4 Å². The monoisotopic (exact) mass is 480 g/mol. The zero-order valence-corrected chi connectivity index (χ0v) is 19.6. The number of rotatable bonds is 6. The van der Waals surface area contributed by atoms with E-state index in [0.29, 0.717) is 22.7 Å². The second-order valence-electron chi connectivity index (χ2n) is 7.12. The molecule has 1 aromatic carbocycles. The van der Waals surface area contributed by atoms with E-state index in [2.05, 4.69) is 49.0 Å². The molecule has 1 N–H and O–H groups in total. The molecule has 0 atom stereocenters. The van der Waals surface area contributed by atoms with E-state index >= 15 is 0 Å². The third kappa shape index (κ3) is 8.23. The van der Waals surface area contributed by atoms with Crippen molar-refractivity contribution in [3.8, 4) is 0 Å². The van der Waals surface area contributed by atoms with Gasteiger partial charge in [0.25, 0.3) is 0 Å². The molecule has 0 amide bonds. The van der Waals surface area contributed by atoms with Crippen LogP contribution in [0.4, 0.5) is 13.2 Å². The van der Waals surface area contributed by atoms with Crippen LogP contribution in [0.3, 0.4) is 0 Å². The van der Waals surface area contributed by atoms with Gasteiger partial charge in [-0.25, -0.2) is 0 Å².